The predicted molar refractivity (Wildman–Crippen MR) is 42.4 cm³/mol. The summed E-state index contributed by atoms with van der Waals surface area (Å²) in [7, 11) is 0. The molecule has 3 heterocycles. The van der Waals surface area contributed by atoms with E-state index in [2.05, 4.69) is 16.0 Å². The minimum Gasteiger partial charge on any atom is -0.349 e. The average Bonchev–Trinajstić information content (AvgIpc) is 2.44. The van der Waals surface area contributed by atoms with E-state index in [4.69, 9.17) is 0 Å². The van der Waals surface area contributed by atoms with Crippen molar-refractivity contribution in [3.05, 3.63) is 23.9 Å². The first kappa shape index (κ1) is 5.58. The lowest BCUT2D eigenvalue weighted by Gasteiger charge is -2.37. The summed E-state index contributed by atoms with van der Waals surface area (Å²) in [6.07, 6.45) is 4.44. The summed E-state index contributed by atoms with van der Waals surface area (Å²) in [6, 6.07) is 5.83. The molecule has 2 aliphatic heterocycles. The molecule has 2 aliphatic rings. The molecule has 0 amide bonds. The number of hydrogen-bond donors (Lipinski definition) is 0. The lowest BCUT2D eigenvalue weighted by atomic mass is 9.98. The predicted octanol–water partition coefficient (Wildman–Crippen LogP) is 1.54. The minimum absolute atomic E-state index is 0.665. The van der Waals surface area contributed by atoms with Crippen molar-refractivity contribution >= 4 is 5.82 Å². The second kappa shape index (κ2) is 1.76. The topological polar surface area (TPSA) is 16.1 Å². The van der Waals surface area contributed by atoms with Gasteiger partial charge in [0.05, 0.1) is 6.04 Å². The highest BCUT2D eigenvalue weighted by atomic mass is 15.3. The van der Waals surface area contributed by atoms with Crippen molar-refractivity contribution in [2.45, 2.75) is 18.9 Å². The molecule has 2 heteroatoms. The first-order valence-corrected chi connectivity index (χ1v) is 4.10. The van der Waals surface area contributed by atoms with Crippen molar-refractivity contribution in [1.82, 2.24) is 4.98 Å². The molecule has 1 saturated heterocycles. The molecule has 55 valence electrons. The molecule has 0 aliphatic carbocycles. The summed E-state index contributed by atoms with van der Waals surface area (Å²) >= 11 is 0. The van der Waals surface area contributed by atoms with E-state index >= 15 is 0 Å². The van der Waals surface area contributed by atoms with Crippen LogP contribution in [0.2, 0.25) is 0 Å². The Morgan fingerprint density at radius 1 is 1.64 bits per heavy atom. The summed E-state index contributed by atoms with van der Waals surface area (Å²) in [5, 5.41) is 0. The van der Waals surface area contributed by atoms with E-state index in [1.807, 2.05) is 12.3 Å². The van der Waals surface area contributed by atoms with E-state index in [9.17, 15) is 0 Å². The van der Waals surface area contributed by atoms with Crippen LogP contribution in [0.4, 0.5) is 5.82 Å². The molecule has 0 N–H and O–H groups in total. The van der Waals surface area contributed by atoms with Crippen LogP contribution in [0.15, 0.2) is 12.3 Å². The largest absolute Gasteiger partial charge is 0.349 e. The van der Waals surface area contributed by atoms with E-state index in [1.54, 1.807) is 0 Å². The molecular formula is C9H9N2. The standard InChI is InChI=1S/C9H9N2/c1-3-7-8-4-2-6-11(8)9(7)10-5-1/h1,5,8H,2,4,6H2. The molecule has 1 radical (unpaired) electrons. The van der Waals surface area contributed by atoms with Gasteiger partial charge in [-0.05, 0) is 25.0 Å². The smallest absolute Gasteiger partial charge is 0.134 e. The van der Waals surface area contributed by atoms with Crippen LogP contribution in [0.1, 0.15) is 24.4 Å². The van der Waals surface area contributed by atoms with Crippen molar-refractivity contribution in [1.29, 1.82) is 0 Å². The summed E-state index contributed by atoms with van der Waals surface area (Å²) < 4.78 is 0. The van der Waals surface area contributed by atoms with Crippen LogP contribution in [-0.2, 0) is 0 Å². The molecular weight excluding hydrogens is 136 g/mol. The third-order valence-corrected chi connectivity index (χ3v) is 2.61. The van der Waals surface area contributed by atoms with Gasteiger partial charge in [-0.25, -0.2) is 4.98 Å². The van der Waals surface area contributed by atoms with Gasteiger partial charge in [-0.15, -0.1) is 0 Å². The van der Waals surface area contributed by atoms with Crippen molar-refractivity contribution < 1.29 is 0 Å². The highest BCUT2D eigenvalue weighted by Gasteiger charge is 2.38. The van der Waals surface area contributed by atoms with Gasteiger partial charge in [0.1, 0.15) is 5.82 Å². The Bertz CT molecular complexity index is 266. The van der Waals surface area contributed by atoms with Gasteiger partial charge >= 0.3 is 0 Å². The van der Waals surface area contributed by atoms with E-state index < -0.39 is 0 Å². The zero-order valence-corrected chi connectivity index (χ0v) is 6.25. The third-order valence-electron chi connectivity index (χ3n) is 2.61. The number of fused-ring (bicyclic) bond motifs is 4. The van der Waals surface area contributed by atoms with Crippen molar-refractivity contribution in [3.63, 3.8) is 0 Å². The number of aromatic nitrogens is 1. The molecule has 1 atom stereocenters. The summed E-state index contributed by atoms with van der Waals surface area (Å²) in [6.45, 7) is 1.20. The Morgan fingerprint density at radius 2 is 2.64 bits per heavy atom. The Kier molecular flexibility index (Phi) is 0.891. The van der Waals surface area contributed by atoms with E-state index in [1.165, 1.54) is 30.8 Å². The Balaban J connectivity index is 2.13. The van der Waals surface area contributed by atoms with Gasteiger partial charge < -0.3 is 4.90 Å². The molecule has 3 rings (SSSR count). The maximum Gasteiger partial charge on any atom is 0.134 e. The maximum atomic E-state index is 4.30. The zero-order chi connectivity index (χ0) is 7.26. The van der Waals surface area contributed by atoms with E-state index in [0.29, 0.717) is 6.04 Å². The van der Waals surface area contributed by atoms with Gasteiger partial charge in [0, 0.05) is 18.3 Å². The quantitative estimate of drug-likeness (QED) is 0.550. The fourth-order valence-electron chi connectivity index (χ4n) is 2.10. The van der Waals surface area contributed by atoms with Crippen LogP contribution < -0.4 is 4.90 Å². The number of pyridine rings is 1. The fraction of sp³-hybridized carbons (Fsp3) is 0.444. The SMILES string of the molecule is [c]1ccnc2c1C1CCCN21. The molecule has 11 heavy (non-hydrogen) atoms. The zero-order valence-electron chi connectivity index (χ0n) is 6.25. The Labute approximate surface area is 65.9 Å². The van der Waals surface area contributed by atoms with Crippen LogP contribution in [0, 0.1) is 6.07 Å². The highest BCUT2D eigenvalue weighted by Crippen LogP contribution is 2.47. The normalized spacial score (nSPS) is 25.8. The average molecular weight is 145 g/mol. The molecule has 1 aromatic heterocycles. The molecule has 1 unspecified atom stereocenters. The van der Waals surface area contributed by atoms with E-state index in [-0.39, 0.29) is 0 Å². The molecule has 0 aromatic carbocycles. The second-order valence-corrected chi connectivity index (χ2v) is 3.18. The maximum absolute atomic E-state index is 4.30. The number of nitrogens with zero attached hydrogens (tertiary/aromatic N) is 2. The van der Waals surface area contributed by atoms with Crippen LogP contribution >= 0.6 is 0 Å². The van der Waals surface area contributed by atoms with Gasteiger partial charge in [-0.1, -0.05) is 0 Å². The van der Waals surface area contributed by atoms with Crippen molar-refractivity contribution in [2.24, 2.45) is 0 Å². The summed E-state index contributed by atoms with van der Waals surface area (Å²) in [5.74, 6) is 1.18. The molecule has 2 nitrogen and oxygen atoms in total. The first-order valence-electron chi connectivity index (χ1n) is 4.10. The van der Waals surface area contributed by atoms with Crippen LogP contribution in [0.25, 0.3) is 0 Å². The summed E-state index contributed by atoms with van der Waals surface area (Å²) in [4.78, 5) is 6.68. The van der Waals surface area contributed by atoms with Crippen LogP contribution in [0.3, 0.4) is 0 Å². The van der Waals surface area contributed by atoms with Gasteiger partial charge in [0.15, 0.2) is 0 Å². The first-order chi connectivity index (χ1) is 5.47. The molecule has 0 spiro atoms. The molecule has 1 aromatic rings. The Morgan fingerprint density at radius 3 is 3.64 bits per heavy atom. The molecule has 0 bridgehead atoms. The van der Waals surface area contributed by atoms with Gasteiger partial charge in [-0.3, -0.25) is 0 Å². The van der Waals surface area contributed by atoms with Gasteiger partial charge in [-0.2, -0.15) is 0 Å². The monoisotopic (exact) mass is 145 g/mol. The van der Waals surface area contributed by atoms with E-state index in [0.717, 1.165) is 0 Å². The summed E-state index contributed by atoms with van der Waals surface area (Å²) in [5.41, 5.74) is 1.34. The highest BCUT2D eigenvalue weighted by molar-refractivity contribution is 5.61. The van der Waals surface area contributed by atoms with Crippen LogP contribution in [0.5, 0.6) is 0 Å². The Hall–Kier alpha value is -1.05. The second-order valence-electron chi connectivity index (χ2n) is 3.18. The molecule has 0 saturated carbocycles. The van der Waals surface area contributed by atoms with Crippen molar-refractivity contribution in [2.75, 3.05) is 11.4 Å². The molecule has 1 fully saturated rings. The number of rotatable bonds is 0. The van der Waals surface area contributed by atoms with Crippen molar-refractivity contribution in [3.8, 4) is 0 Å². The van der Waals surface area contributed by atoms with Crippen LogP contribution in [-0.4, -0.2) is 11.5 Å². The number of hydrogen-bond acceptors (Lipinski definition) is 2. The lowest BCUT2D eigenvalue weighted by molar-refractivity contribution is 0.642. The third kappa shape index (κ3) is 0.553. The minimum atomic E-state index is 0.665. The van der Waals surface area contributed by atoms with Gasteiger partial charge in [0.25, 0.3) is 0 Å². The number of anilines is 1. The van der Waals surface area contributed by atoms with Gasteiger partial charge in [0.2, 0.25) is 0 Å². The lowest BCUT2D eigenvalue weighted by Crippen LogP contribution is -2.34. The fourth-order valence-corrected chi connectivity index (χ4v) is 2.10.